The second-order valence-electron chi connectivity index (χ2n) is 5.46. The Labute approximate surface area is 126 Å². The van der Waals surface area contributed by atoms with E-state index in [4.69, 9.17) is 5.11 Å². The van der Waals surface area contributed by atoms with E-state index in [9.17, 15) is 4.79 Å². The van der Waals surface area contributed by atoms with Gasteiger partial charge in [0, 0.05) is 4.90 Å². The number of nitrogens with one attached hydrogen (secondary N) is 1. The van der Waals surface area contributed by atoms with Crippen molar-refractivity contribution >= 4 is 17.7 Å². The predicted molar refractivity (Wildman–Crippen MR) is 85.6 cm³/mol. The topological polar surface area (TPSA) is 49.3 Å². The van der Waals surface area contributed by atoms with Gasteiger partial charge in [-0.2, -0.15) is 0 Å². The summed E-state index contributed by atoms with van der Waals surface area (Å²) < 4.78 is 0. The maximum absolute atomic E-state index is 11.1. The first-order chi connectivity index (χ1) is 9.39. The van der Waals surface area contributed by atoms with Gasteiger partial charge in [0.15, 0.2) is 0 Å². The van der Waals surface area contributed by atoms with Gasteiger partial charge in [0.1, 0.15) is 5.54 Å². The van der Waals surface area contributed by atoms with E-state index in [0.717, 1.165) is 18.6 Å². The molecule has 0 aliphatic heterocycles. The zero-order chi connectivity index (χ0) is 15.2. The minimum atomic E-state index is -0.801. The molecule has 0 radical (unpaired) electrons. The van der Waals surface area contributed by atoms with Gasteiger partial charge >= 0.3 is 5.97 Å². The number of thioether (sulfide) groups is 1. The fourth-order valence-electron chi connectivity index (χ4n) is 2.06. The molecule has 3 nitrogen and oxygen atoms in total. The first-order valence-electron chi connectivity index (χ1n) is 7.01. The van der Waals surface area contributed by atoms with Gasteiger partial charge in [-0.3, -0.25) is 4.79 Å². The fraction of sp³-hybridized carbons (Fsp3) is 0.562. The van der Waals surface area contributed by atoms with Gasteiger partial charge in [-0.05, 0) is 58.0 Å². The van der Waals surface area contributed by atoms with Crippen LogP contribution in [0.3, 0.4) is 0 Å². The van der Waals surface area contributed by atoms with Crippen molar-refractivity contribution in [2.75, 3.05) is 12.8 Å². The summed E-state index contributed by atoms with van der Waals surface area (Å²) in [5, 5.41) is 12.1. The Bertz CT molecular complexity index is 462. The number of carbonyl (C=O) groups is 1. The molecule has 1 rings (SSSR count). The van der Waals surface area contributed by atoms with Crippen molar-refractivity contribution in [3.8, 4) is 0 Å². The van der Waals surface area contributed by atoms with Crippen LogP contribution in [0.1, 0.15) is 37.3 Å². The average Bonchev–Trinajstić information content (AvgIpc) is 2.40. The first kappa shape index (κ1) is 17.1. The van der Waals surface area contributed by atoms with Crippen LogP contribution in [-0.4, -0.2) is 29.4 Å². The number of aryl methyl sites for hydroxylation is 2. The maximum Gasteiger partial charge on any atom is 0.323 e. The molecule has 0 fully saturated rings. The number of benzene rings is 1. The number of carboxylic acid groups (broad SMARTS) is 1. The highest BCUT2D eigenvalue weighted by atomic mass is 32.2. The second kappa shape index (κ2) is 7.70. The Kier molecular flexibility index (Phi) is 6.56. The van der Waals surface area contributed by atoms with Crippen molar-refractivity contribution in [3.63, 3.8) is 0 Å². The first-order valence-corrected chi connectivity index (χ1v) is 8.00. The molecular weight excluding hydrogens is 270 g/mol. The molecule has 1 atom stereocenters. The lowest BCUT2D eigenvalue weighted by Crippen LogP contribution is -2.47. The maximum atomic E-state index is 11.1. The Morgan fingerprint density at radius 3 is 2.60 bits per heavy atom. The highest BCUT2D eigenvalue weighted by Crippen LogP contribution is 2.25. The largest absolute Gasteiger partial charge is 0.480 e. The molecule has 1 aromatic carbocycles. The summed E-state index contributed by atoms with van der Waals surface area (Å²) >= 11 is 1.85. The monoisotopic (exact) mass is 295 g/mol. The van der Waals surface area contributed by atoms with Gasteiger partial charge in [0.2, 0.25) is 0 Å². The molecule has 1 unspecified atom stereocenters. The molecule has 0 spiro atoms. The van der Waals surface area contributed by atoms with E-state index in [2.05, 4.69) is 37.4 Å². The van der Waals surface area contributed by atoms with E-state index in [-0.39, 0.29) is 0 Å². The molecule has 0 saturated heterocycles. The van der Waals surface area contributed by atoms with Crippen LogP contribution in [0.5, 0.6) is 0 Å². The van der Waals surface area contributed by atoms with Crippen molar-refractivity contribution in [3.05, 3.63) is 29.3 Å². The summed E-state index contributed by atoms with van der Waals surface area (Å²) in [5.41, 5.74) is 1.81. The van der Waals surface area contributed by atoms with E-state index in [1.54, 1.807) is 14.0 Å². The lowest BCUT2D eigenvalue weighted by Gasteiger charge is -2.23. The summed E-state index contributed by atoms with van der Waals surface area (Å²) in [7, 11) is 1.71. The number of likely N-dealkylation sites (N-methyl/N-ethyl adjacent to an activating group) is 1. The summed E-state index contributed by atoms with van der Waals surface area (Å²) in [5.74, 6) is 0.255. The third-order valence-corrected chi connectivity index (χ3v) is 4.94. The molecule has 0 aliphatic rings. The van der Waals surface area contributed by atoms with Gasteiger partial charge in [-0.1, -0.05) is 24.1 Å². The van der Waals surface area contributed by atoms with Crippen molar-refractivity contribution < 1.29 is 9.90 Å². The van der Waals surface area contributed by atoms with Gasteiger partial charge in [0.05, 0.1) is 0 Å². The Balaban J connectivity index is 2.33. The molecule has 0 heterocycles. The van der Waals surface area contributed by atoms with E-state index in [0.29, 0.717) is 6.42 Å². The molecule has 0 saturated carbocycles. The Hall–Kier alpha value is -1.00. The minimum absolute atomic E-state index is 0.659. The highest BCUT2D eigenvalue weighted by molar-refractivity contribution is 7.99. The molecular formula is C16H25NO2S. The van der Waals surface area contributed by atoms with Gasteiger partial charge in [-0.25, -0.2) is 0 Å². The molecule has 4 heteroatoms. The fourth-order valence-corrected chi connectivity index (χ4v) is 3.08. The lowest BCUT2D eigenvalue weighted by atomic mass is 9.95. The third-order valence-electron chi connectivity index (χ3n) is 3.68. The van der Waals surface area contributed by atoms with Crippen molar-refractivity contribution in [1.82, 2.24) is 5.32 Å². The zero-order valence-corrected chi connectivity index (χ0v) is 13.6. The summed E-state index contributed by atoms with van der Waals surface area (Å²) in [6.45, 7) is 5.98. The SMILES string of the molecule is CNC(C)(CCCCSc1ccc(C)cc1C)C(=O)O. The highest BCUT2D eigenvalue weighted by Gasteiger charge is 2.29. The third kappa shape index (κ3) is 4.84. The number of unbranched alkanes of at least 4 members (excludes halogenated alkanes) is 1. The normalized spacial score (nSPS) is 14.0. The van der Waals surface area contributed by atoms with Gasteiger partial charge < -0.3 is 10.4 Å². The predicted octanol–water partition coefficient (Wildman–Crippen LogP) is 3.63. The molecule has 0 aromatic heterocycles. The van der Waals surface area contributed by atoms with E-state index in [1.165, 1.54) is 16.0 Å². The minimum Gasteiger partial charge on any atom is -0.480 e. The quantitative estimate of drug-likeness (QED) is 0.568. The molecule has 1 aromatic rings. The van der Waals surface area contributed by atoms with Crippen molar-refractivity contribution in [2.24, 2.45) is 0 Å². The van der Waals surface area contributed by atoms with Gasteiger partial charge in [0.25, 0.3) is 0 Å². The van der Waals surface area contributed by atoms with Crippen LogP contribution < -0.4 is 5.32 Å². The Morgan fingerprint density at radius 2 is 2.05 bits per heavy atom. The van der Waals surface area contributed by atoms with Crippen LogP contribution in [0.25, 0.3) is 0 Å². The summed E-state index contributed by atoms with van der Waals surface area (Å²) in [6, 6.07) is 6.51. The van der Waals surface area contributed by atoms with Crippen LogP contribution >= 0.6 is 11.8 Å². The van der Waals surface area contributed by atoms with Crippen molar-refractivity contribution in [2.45, 2.75) is 50.5 Å². The van der Waals surface area contributed by atoms with Crippen LogP contribution in [0, 0.1) is 13.8 Å². The molecule has 112 valence electrons. The zero-order valence-electron chi connectivity index (χ0n) is 12.8. The molecule has 0 aliphatic carbocycles. The smallest absolute Gasteiger partial charge is 0.323 e. The van der Waals surface area contributed by atoms with E-state index >= 15 is 0 Å². The second-order valence-corrected chi connectivity index (χ2v) is 6.60. The standard InChI is InChI=1S/C16H25NO2S/c1-12-7-8-14(13(2)11-12)20-10-6-5-9-16(3,17-4)15(18)19/h7-8,11,17H,5-6,9-10H2,1-4H3,(H,18,19). The van der Waals surface area contributed by atoms with Crippen LogP contribution in [-0.2, 0) is 4.79 Å². The molecule has 0 amide bonds. The molecule has 2 N–H and O–H groups in total. The average molecular weight is 295 g/mol. The number of hydrogen-bond acceptors (Lipinski definition) is 3. The molecule has 0 bridgehead atoms. The van der Waals surface area contributed by atoms with Crippen LogP contribution in [0.4, 0.5) is 0 Å². The summed E-state index contributed by atoms with van der Waals surface area (Å²) in [4.78, 5) is 12.5. The van der Waals surface area contributed by atoms with Crippen LogP contribution in [0.2, 0.25) is 0 Å². The number of rotatable bonds is 8. The van der Waals surface area contributed by atoms with Crippen LogP contribution in [0.15, 0.2) is 23.1 Å². The van der Waals surface area contributed by atoms with Gasteiger partial charge in [-0.15, -0.1) is 11.8 Å². The Morgan fingerprint density at radius 1 is 1.35 bits per heavy atom. The number of aliphatic carboxylic acids is 1. The number of carboxylic acids is 1. The van der Waals surface area contributed by atoms with E-state index in [1.807, 2.05) is 11.8 Å². The molecule has 20 heavy (non-hydrogen) atoms. The van der Waals surface area contributed by atoms with E-state index < -0.39 is 11.5 Å². The summed E-state index contributed by atoms with van der Waals surface area (Å²) in [6.07, 6.45) is 2.61. The van der Waals surface area contributed by atoms with Crippen molar-refractivity contribution in [1.29, 1.82) is 0 Å². The lowest BCUT2D eigenvalue weighted by molar-refractivity contribution is -0.144. The number of hydrogen-bond donors (Lipinski definition) is 2.